The van der Waals surface area contributed by atoms with Crippen molar-refractivity contribution in [3.8, 4) is 11.6 Å². The lowest BCUT2D eigenvalue weighted by atomic mass is 10.3. The fraction of sp³-hybridized carbons (Fsp3) is 0.167. The molecule has 0 aliphatic carbocycles. The molecule has 1 N–H and O–H groups in total. The molecule has 2 rings (SSSR count). The van der Waals surface area contributed by atoms with Gasteiger partial charge in [-0.2, -0.15) is 5.10 Å². The summed E-state index contributed by atoms with van der Waals surface area (Å²) in [6.07, 6.45) is 0. The summed E-state index contributed by atoms with van der Waals surface area (Å²) in [4.78, 5) is 0. The number of hydrogen-bond donors (Lipinski definition) is 1. The molecule has 0 fully saturated rings. The summed E-state index contributed by atoms with van der Waals surface area (Å²) >= 11 is 8.89. The highest BCUT2D eigenvalue weighted by Crippen LogP contribution is 2.32. The smallest absolute Gasteiger partial charge is 0.238 e. The monoisotopic (exact) mass is 345 g/mol. The second-order valence-electron chi connectivity index (χ2n) is 3.69. The van der Waals surface area contributed by atoms with Gasteiger partial charge in [0.25, 0.3) is 0 Å². The molecule has 4 nitrogen and oxygen atoms in total. The highest BCUT2D eigenvalue weighted by molar-refractivity contribution is 9.10. The zero-order valence-electron chi connectivity index (χ0n) is 9.95. The number of aromatic nitrogens is 2. The van der Waals surface area contributed by atoms with E-state index in [9.17, 15) is 4.39 Å². The van der Waals surface area contributed by atoms with E-state index in [0.717, 1.165) is 5.69 Å². The number of benzene rings is 1. The van der Waals surface area contributed by atoms with Crippen molar-refractivity contribution in [2.75, 3.05) is 7.05 Å². The molecule has 2 aromatic rings. The number of nitrogens with zero attached hydrogens (tertiary/aromatic N) is 2. The van der Waals surface area contributed by atoms with Crippen LogP contribution in [-0.2, 0) is 6.54 Å². The normalized spacial score (nSPS) is 10.5. The third kappa shape index (κ3) is 3.62. The fourth-order valence-corrected chi connectivity index (χ4v) is 2.09. The zero-order chi connectivity index (χ0) is 13.8. The van der Waals surface area contributed by atoms with Crippen LogP contribution in [0.5, 0.6) is 11.6 Å². The van der Waals surface area contributed by atoms with Crippen LogP contribution in [-0.4, -0.2) is 17.2 Å². The minimum absolute atomic E-state index is 0.0228. The van der Waals surface area contributed by atoms with Gasteiger partial charge in [-0.3, -0.25) is 0 Å². The zero-order valence-corrected chi connectivity index (χ0v) is 12.3. The van der Waals surface area contributed by atoms with E-state index in [2.05, 4.69) is 31.4 Å². The molecule has 0 saturated carbocycles. The molecule has 0 saturated heterocycles. The molecule has 1 aromatic heterocycles. The third-order valence-corrected chi connectivity index (χ3v) is 3.15. The lowest BCUT2D eigenvalue weighted by Gasteiger charge is -2.07. The second kappa shape index (κ2) is 6.27. The maximum absolute atomic E-state index is 13.3. The van der Waals surface area contributed by atoms with E-state index in [1.165, 1.54) is 12.1 Å². The van der Waals surface area contributed by atoms with Crippen LogP contribution in [0.25, 0.3) is 0 Å². The van der Waals surface area contributed by atoms with Crippen LogP contribution in [0.2, 0.25) is 5.02 Å². The van der Waals surface area contributed by atoms with Gasteiger partial charge in [0.2, 0.25) is 5.88 Å². The highest BCUT2D eigenvalue weighted by Gasteiger charge is 2.09. The van der Waals surface area contributed by atoms with Crippen LogP contribution in [0, 0.1) is 5.82 Å². The van der Waals surface area contributed by atoms with E-state index in [0.29, 0.717) is 11.0 Å². The van der Waals surface area contributed by atoms with E-state index >= 15 is 0 Å². The van der Waals surface area contributed by atoms with Crippen LogP contribution < -0.4 is 10.1 Å². The molecule has 1 aromatic carbocycles. The van der Waals surface area contributed by atoms with Gasteiger partial charge in [0.15, 0.2) is 0 Å². The summed E-state index contributed by atoms with van der Waals surface area (Å²) in [7, 11) is 1.82. The number of ether oxygens (including phenoxy) is 1. The Hall–Kier alpha value is -1.24. The van der Waals surface area contributed by atoms with Crippen LogP contribution in [0.4, 0.5) is 4.39 Å². The molecule has 100 valence electrons. The predicted molar refractivity (Wildman–Crippen MR) is 74.0 cm³/mol. The van der Waals surface area contributed by atoms with Crippen LogP contribution >= 0.6 is 27.5 Å². The van der Waals surface area contributed by atoms with Crippen molar-refractivity contribution in [3.63, 3.8) is 0 Å². The van der Waals surface area contributed by atoms with Gasteiger partial charge in [0, 0.05) is 18.7 Å². The van der Waals surface area contributed by atoms with Gasteiger partial charge in [0.1, 0.15) is 11.6 Å². The standard InChI is InChI=1S/C12H10BrClFN3O/c1-16-6-7-2-3-12(18-17-7)19-11-5-10(15)9(14)4-8(11)13/h2-5,16H,6H2,1H3. The van der Waals surface area contributed by atoms with E-state index in [1.54, 1.807) is 12.1 Å². The molecule has 0 radical (unpaired) electrons. The van der Waals surface area contributed by atoms with Crippen molar-refractivity contribution < 1.29 is 9.13 Å². The first kappa shape index (κ1) is 14.2. The van der Waals surface area contributed by atoms with Gasteiger partial charge in [-0.15, -0.1) is 5.10 Å². The molecule has 19 heavy (non-hydrogen) atoms. The van der Waals surface area contributed by atoms with Crippen LogP contribution in [0.1, 0.15) is 5.69 Å². The largest absolute Gasteiger partial charge is 0.436 e. The Balaban J connectivity index is 2.19. The Morgan fingerprint density at radius 2 is 2.16 bits per heavy atom. The first-order valence-corrected chi connectivity index (χ1v) is 6.57. The molecule has 0 bridgehead atoms. The third-order valence-electron chi connectivity index (χ3n) is 2.24. The molecule has 0 aliphatic heterocycles. The van der Waals surface area contributed by atoms with Crippen LogP contribution in [0.15, 0.2) is 28.7 Å². The summed E-state index contributed by atoms with van der Waals surface area (Å²) in [5.74, 6) is 0.0134. The van der Waals surface area contributed by atoms with Crippen molar-refractivity contribution in [2.24, 2.45) is 0 Å². The number of nitrogens with one attached hydrogen (secondary N) is 1. The Morgan fingerprint density at radius 3 is 2.79 bits per heavy atom. The van der Waals surface area contributed by atoms with Crippen molar-refractivity contribution >= 4 is 27.5 Å². The van der Waals surface area contributed by atoms with E-state index in [4.69, 9.17) is 16.3 Å². The van der Waals surface area contributed by atoms with Gasteiger partial charge in [-0.1, -0.05) is 11.6 Å². The van der Waals surface area contributed by atoms with Crippen LogP contribution in [0.3, 0.4) is 0 Å². The van der Waals surface area contributed by atoms with Crippen molar-refractivity contribution in [2.45, 2.75) is 6.54 Å². The number of halogens is 3. The minimum atomic E-state index is -0.556. The van der Waals surface area contributed by atoms with Gasteiger partial charge in [-0.05, 0) is 35.1 Å². The van der Waals surface area contributed by atoms with Crippen molar-refractivity contribution in [1.82, 2.24) is 15.5 Å². The Bertz CT molecular complexity index is 580. The van der Waals surface area contributed by atoms with Gasteiger partial charge < -0.3 is 10.1 Å². The molecule has 0 aliphatic rings. The first-order chi connectivity index (χ1) is 9.10. The van der Waals surface area contributed by atoms with E-state index < -0.39 is 5.82 Å². The lowest BCUT2D eigenvalue weighted by molar-refractivity contribution is 0.446. The molecule has 0 atom stereocenters. The highest BCUT2D eigenvalue weighted by atomic mass is 79.9. The molecular formula is C12H10BrClFN3O. The predicted octanol–water partition coefficient (Wildman–Crippen LogP) is 3.54. The maximum Gasteiger partial charge on any atom is 0.238 e. The molecule has 7 heteroatoms. The molecule has 0 amide bonds. The quantitative estimate of drug-likeness (QED) is 0.860. The number of rotatable bonds is 4. The summed E-state index contributed by atoms with van der Waals surface area (Å²) in [5, 5.41) is 10.8. The average Bonchev–Trinajstić information content (AvgIpc) is 2.38. The first-order valence-electron chi connectivity index (χ1n) is 5.39. The minimum Gasteiger partial charge on any atom is -0.436 e. The lowest BCUT2D eigenvalue weighted by Crippen LogP contribution is -2.07. The summed E-state index contributed by atoms with van der Waals surface area (Å²) < 4.78 is 19.3. The summed E-state index contributed by atoms with van der Waals surface area (Å²) in [6.45, 7) is 0.618. The fourth-order valence-electron chi connectivity index (χ4n) is 1.37. The average molecular weight is 347 g/mol. The van der Waals surface area contributed by atoms with Crippen molar-refractivity contribution in [1.29, 1.82) is 0 Å². The van der Waals surface area contributed by atoms with E-state index in [-0.39, 0.29) is 16.7 Å². The second-order valence-corrected chi connectivity index (χ2v) is 4.95. The molecular weight excluding hydrogens is 337 g/mol. The topological polar surface area (TPSA) is 47.0 Å². The van der Waals surface area contributed by atoms with Gasteiger partial charge in [0.05, 0.1) is 15.2 Å². The Kier molecular flexibility index (Phi) is 4.68. The Labute approximate surface area is 123 Å². The number of hydrogen-bond acceptors (Lipinski definition) is 4. The molecule has 0 unspecified atom stereocenters. The maximum atomic E-state index is 13.3. The van der Waals surface area contributed by atoms with Gasteiger partial charge in [-0.25, -0.2) is 4.39 Å². The van der Waals surface area contributed by atoms with Gasteiger partial charge >= 0.3 is 0 Å². The molecule has 0 spiro atoms. The SMILES string of the molecule is CNCc1ccc(Oc2cc(F)c(Cl)cc2Br)nn1. The summed E-state index contributed by atoms with van der Waals surface area (Å²) in [5.41, 5.74) is 0.788. The van der Waals surface area contributed by atoms with Crippen molar-refractivity contribution in [3.05, 3.63) is 45.3 Å². The molecule has 1 heterocycles. The summed E-state index contributed by atoms with van der Waals surface area (Å²) in [6, 6.07) is 6.06. The Morgan fingerprint density at radius 1 is 1.37 bits per heavy atom. The van der Waals surface area contributed by atoms with E-state index in [1.807, 2.05) is 7.05 Å².